The molecule has 5 unspecified atom stereocenters. The van der Waals surface area contributed by atoms with Crippen molar-refractivity contribution in [2.45, 2.75) is 24.7 Å². The number of allylic oxidation sites excluding steroid dienone is 1. The number of aromatic nitrogens is 1. The summed E-state index contributed by atoms with van der Waals surface area (Å²) in [5.41, 5.74) is 1.25. The highest BCUT2D eigenvalue weighted by Crippen LogP contribution is 2.42. The molecule has 5 atom stereocenters. The molecule has 5 nitrogen and oxygen atoms in total. The number of carbonyl (C=O) groups is 2. The van der Waals surface area contributed by atoms with Crippen LogP contribution in [0.4, 0.5) is 8.78 Å². The zero-order valence-electron chi connectivity index (χ0n) is 15.6. The number of hydrogen-bond acceptors (Lipinski definition) is 4. The zero-order chi connectivity index (χ0) is 20.4. The van der Waals surface area contributed by atoms with Crippen molar-refractivity contribution in [1.82, 2.24) is 15.6 Å². The van der Waals surface area contributed by atoms with Gasteiger partial charge in [0.2, 0.25) is 5.91 Å². The average molecular weight is 397 g/mol. The lowest BCUT2D eigenvalue weighted by Crippen LogP contribution is -2.64. The predicted molar refractivity (Wildman–Crippen MR) is 104 cm³/mol. The Bertz CT molecular complexity index is 935. The number of hydrogen-bond donors (Lipinski definition) is 2. The predicted octanol–water partition coefficient (Wildman–Crippen LogP) is 2.61. The molecule has 0 spiro atoms. The fraction of sp³-hybridized carbons (Fsp3) is 0.318. The molecule has 2 aliphatic rings. The van der Waals surface area contributed by atoms with Gasteiger partial charge in [-0.1, -0.05) is 30.3 Å². The first kappa shape index (κ1) is 19.4. The Morgan fingerprint density at radius 3 is 2.76 bits per heavy atom. The molecule has 1 aromatic carbocycles. The number of nitrogens with zero attached hydrogens (tertiary/aromatic N) is 1. The van der Waals surface area contributed by atoms with Crippen LogP contribution in [0.25, 0.3) is 6.08 Å². The number of amides is 1. The molecule has 2 aliphatic heterocycles. The molecule has 1 amide bonds. The van der Waals surface area contributed by atoms with E-state index in [1.165, 1.54) is 24.4 Å². The van der Waals surface area contributed by atoms with Crippen molar-refractivity contribution in [1.29, 1.82) is 0 Å². The second kappa shape index (κ2) is 8.21. The van der Waals surface area contributed by atoms with Gasteiger partial charge in [-0.3, -0.25) is 19.9 Å². The summed E-state index contributed by atoms with van der Waals surface area (Å²) in [6, 6.07) is 10.5. The van der Waals surface area contributed by atoms with Gasteiger partial charge in [-0.25, -0.2) is 8.78 Å². The van der Waals surface area contributed by atoms with Gasteiger partial charge in [0.25, 0.3) is 0 Å². The van der Waals surface area contributed by atoms with E-state index in [-0.39, 0.29) is 25.0 Å². The second-order valence-electron chi connectivity index (χ2n) is 7.48. The van der Waals surface area contributed by atoms with Crippen LogP contribution in [0, 0.1) is 17.7 Å². The minimum absolute atomic E-state index is 0.175. The monoisotopic (exact) mass is 397 g/mol. The van der Waals surface area contributed by atoms with Crippen LogP contribution >= 0.6 is 0 Å². The molecule has 2 N–H and O–H groups in total. The van der Waals surface area contributed by atoms with Gasteiger partial charge in [0, 0.05) is 24.6 Å². The number of fused-ring (bicyclic) bond motifs is 1. The van der Waals surface area contributed by atoms with Crippen LogP contribution in [0.3, 0.4) is 0 Å². The quantitative estimate of drug-likeness (QED) is 0.615. The first-order chi connectivity index (χ1) is 14.0. The number of ketones is 1. The third-order valence-electron chi connectivity index (χ3n) is 5.57. The number of piperidine rings is 2. The maximum atomic E-state index is 14.2. The van der Waals surface area contributed by atoms with Crippen molar-refractivity contribution in [3.63, 3.8) is 0 Å². The van der Waals surface area contributed by atoms with E-state index < -0.39 is 35.5 Å². The van der Waals surface area contributed by atoms with E-state index in [1.54, 1.807) is 0 Å². The molecule has 2 fully saturated rings. The molecule has 0 aliphatic carbocycles. The highest BCUT2D eigenvalue weighted by atomic mass is 19.1. The van der Waals surface area contributed by atoms with Gasteiger partial charge < -0.3 is 5.32 Å². The Morgan fingerprint density at radius 2 is 2.00 bits per heavy atom. The van der Waals surface area contributed by atoms with E-state index in [9.17, 15) is 18.4 Å². The van der Waals surface area contributed by atoms with Crippen molar-refractivity contribution in [3.8, 4) is 0 Å². The maximum absolute atomic E-state index is 14.2. The molecular weight excluding hydrogens is 376 g/mol. The van der Waals surface area contributed by atoms with Crippen LogP contribution < -0.4 is 10.6 Å². The Kier molecular flexibility index (Phi) is 5.49. The summed E-state index contributed by atoms with van der Waals surface area (Å²) < 4.78 is 27.5. The van der Waals surface area contributed by atoms with Crippen LogP contribution in [-0.2, 0) is 9.59 Å². The molecule has 2 aromatic rings. The third-order valence-corrected chi connectivity index (χ3v) is 5.57. The lowest BCUT2D eigenvalue weighted by molar-refractivity contribution is -0.138. The molecule has 2 saturated heterocycles. The molecular formula is C22H21F2N3O2. The van der Waals surface area contributed by atoms with Gasteiger partial charge in [0.05, 0.1) is 12.4 Å². The smallest absolute Gasteiger partial charge is 0.232 e. The SMILES string of the molecule is O=C(/C=C/c1cncc(F)c1)C1C(=O)NC2NCC(F)CC2C1c1ccccc1. The van der Waals surface area contributed by atoms with Crippen LogP contribution in [0.5, 0.6) is 0 Å². The first-order valence-electron chi connectivity index (χ1n) is 9.58. The molecule has 1 aromatic heterocycles. The summed E-state index contributed by atoms with van der Waals surface area (Å²) in [5, 5.41) is 5.87. The van der Waals surface area contributed by atoms with Crippen LogP contribution in [0.2, 0.25) is 0 Å². The molecule has 3 heterocycles. The largest absolute Gasteiger partial charge is 0.340 e. The summed E-state index contributed by atoms with van der Waals surface area (Å²) in [4.78, 5) is 29.6. The number of carbonyl (C=O) groups excluding carboxylic acids is 2. The van der Waals surface area contributed by atoms with Gasteiger partial charge in [0.15, 0.2) is 5.78 Å². The van der Waals surface area contributed by atoms with Crippen molar-refractivity contribution in [3.05, 3.63) is 71.8 Å². The average Bonchev–Trinajstić information content (AvgIpc) is 2.72. The molecule has 0 bridgehead atoms. The summed E-state index contributed by atoms with van der Waals surface area (Å²) in [6.07, 6.45) is 4.07. The standard InChI is InChI=1S/C22H21F2N3O2/c23-15-8-13(10-25-11-15)6-7-18(28)20-19(14-4-2-1-3-5-14)17-9-16(24)12-26-21(17)27-22(20)29/h1-8,10-11,16-17,19-21,26H,9,12H2,(H,27,29)/b7-6+. The lowest BCUT2D eigenvalue weighted by atomic mass is 9.68. The highest BCUT2D eigenvalue weighted by Gasteiger charge is 2.49. The van der Waals surface area contributed by atoms with E-state index in [4.69, 9.17) is 0 Å². The topological polar surface area (TPSA) is 71.1 Å². The lowest BCUT2D eigenvalue weighted by Gasteiger charge is -2.46. The Morgan fingerprint density at radius 1 is 1.21 bits per heavy atom. The van der Waals surface area contributed by atoms with Crippen molar-refractivity contribution in [2.24, 2.45) is 11.8 Å². The fourth-order valence-corrected chi connectivity index (χ4v) is 4.31. The molecule has 29 heavy (non-hydrogen) atoms. The van der Waals surface area contributed by atoms with E-state index in [2.05, 4.69) is 15.6 Å². The summed E-state index contributed by atoms with van der Waals surface area (Å²) in [5.74, 6) is -3.00. The first-order valence-corrected chi connectivity index (χ1v) is 9.58. The maximum Gasteiger partial charge on any atom is 0.232 e. The second-order valence-corrected chi connectivity index (χ2v) is 7.48. The minimum Gasteiger partial charge on any atom is -0.340 e. The van der Waals surface area contributed by atoms with Gasteiger partial charge in [0.1, 0.15) is 17.9 Å². The van der Waals surface area contributed by atoms with Crippen LogP contribution in [0.15, 0.2) is 54.9 Å². The van der Waals surface area contributed by atoms with Gasteiger partial charge in [-0.05, 0) is 35.8 Å². The Balaban J connectivity index is 1.67. The van der Waals surface area contributed by atoms with E-state index in [0.717, 1.165) is 11.8 Å². The fourth-order valence-electron chi connectivity index (χ4n) is 4.31. The highest BCUT2D eigenvalue weighted by molar-refractivity contribution is 6.09. The van der Waals surface area contributed by atoms with Crippen LogP contribution in [-0.4, -0.2) is 35.6 Å². The van der Waals surface area contributed by atoms with Crippen LogP contribution in [0.1, 0.15) is 23.5 Å². The minimum atomic E-state index is -1.04. The summed E-state index contributed by atoms with van der Waals surface area (Å²) >= 11 is 0. The molecule has 0 saturated carbocycles. The number of pyridine rings is 1. The molecule has 0 radical (unpaired) electrons. The van der Waals surface area contributed by atoms with Gasteiger partial charge in [-0.2, -0.15) is 0 Å². The molecule has 150 valence electrons. The van der Waals surface area contributed by atoms with E-state index >= 15 is 0 Å². The molecule has 4 rings (SSSR count). The number of alkyl halides is 1. The van der Waals surface area contributed by atoms with Crippen molar-refractivity contribution in [2.75, 3.05) is 6.54 Å². The molecule has 7 heteroatoms. The number of rotatable bonds is 4. The van der Waals surface area contributed by atoms with E-state index in [0.29, 0.717) is 5.56 Å². The van der Waals surface area contributed by atoms with Crippen molar-refractivity contribution < 1.29 is 18.4 Å². The Labute approximate surface area is 167 Å². The zero-order valence-corrected chi connectivity index (χ0v) is 15.6. The van der Waals surface area contributed by atoms with E-state index in [1.807, 2.05) is 30.3 Å². The summed E-state index contributed by atoms with van der Waals surface area (Å²) in [6.45, 7) is 0.175. The number of nitrogens with one attached hydrogen (secondary N) is 2. The van der Waals surface area contributed by atoms with Gasteiger partial charge in [-0.15, -0.1) is 0 Å². The normalized spacial score (nSPS) is 29.3. The van der Waals surface area contributed by atoms with Crippen molar-refractivity contribution >= 4 is 17.8 Å². The van der Waals surface area contributed by atoms with Gasteiger partial charge >= 0.3 is 0 Å². The number of benzene rings is 1. The summed E-state index contributed by atoms with van der Waals surface area (Å²) in [7, 11) is 0. The Hall–Kier alpha value is -2.93. The number of halogens is 2. The third kappa shape index (κ3) is 4.10.